The van der Waals surface area contributed by atoms with Gasteiger partial charge in [0.1, 0.15) is 0 Å². The number of rotatable bonds is 9. The van der Waals surface area contributed by atoms with Gasteiger partial charge in [0.2, 0.25) is 0 Å². The lowest BCUT2D eigenvalue weighted by Gasteiger charge is -2.12. The predicted molar refractivity (Wildman–Crippen MR) is 96.2 cm³/mol. The number of guanidine groups is 1. The summed E-state index contributed by atoms with van der Waals surface area (Å²) in [6.45, 7) is 9.70. The van der Waals surface area contributed by atoms with Gasteiger partial charge in [0.25, 0.3) is 0 Å². The number of hydrogen-bond acceptors (Lipinski definition) is 4. The second-order valence-electron chi connectivity index (χ2n) is 6.05. The maximum absolute atomic E-state index is 5.71. The van der Waals surface area contributed by atoms with Crippen molar-refractivity contribution in [3.8, 4) is 0 Å². The SMILES string of the molecule is CCNC(=NCc1ncccc1C)NCCCOCC1CCOC1. The van der Waals surface area contributed by atoms with Gasteiger partial charge in [-0.15, -0.1) is 0 Å². The Balaban J connectivity index is 1.64. The summed E-state index contributed by atoms with van der Waals surface area (Å²) >= 11 is 0. The van der Waals surface area contributed by atoms with Crippen LogP contribution >= 0.6 is 0 Å². The maximum atomic E-state index is 5.71. The van der Waals surface area contributed by atoms with Crippen molar-refractivity contribution in [1.82, 2.24) is 15.6 Å². The molecular weight excluding hydrogens is 304 g/mol. The molecule has 0 aromatic carbocycles. The van der Waals surface area contributed by atoms with Crippen LogP contribution in [0.15, 0.2) is 23.3 Å². The Morgan fingerprint density at radius 1 is 1.46 bits per heavy atom. The molecule has 1 aliphatic heterocycles. The third-order valence-corrected chi connectivity index (χ3v) is 3.98. The van der Waals surface area contributed by atoms with Crippen LogP contribution in [-0.2, 0) is 16.0 Å². The van der Waals surface area contributed by atoms with E-state index >= 15 is 0 Å². The van der Waals surface area contributed by atoms with Crippen LogP contribution in [-0.4, -0.2) is 50.5 Å². The zero-order valence-corrected chi connectivity index (χ0v) is 14.9. The molecule has 2 rings (SSSR count). The summed E-state index contributed by atoms with van der Waals surface area (Å²) in [5.41, 5.74) is 2.18. The van der Waals surface area contributed by atoms with E-state index < -0.39 is 0 Å². The third-order valence-electron chi connectivity index (χ3n) is 3.98. The Hall–Kier alpha value is -1.66. The quantitative estimate of drug-likeness (QED) is 0.410. The van der Waals surface area contributed by atoms with E-state index in [0.29, 0.717) is 12.5 Å². The molecule has 1 aromatic rings. The van der Waals surface area contributed by atoms with Gasteiger partial charge < -0.3 is 20.1 Å². The predicted octanol–water partition coefficient (Wildman–Crippen LogP) is 1.89. The molecule has 134 valence electrons. The van der Waals surface area contributed by atoms with E-state index in [1.807, 2.05) is 12.3 Å². The zero-order chi connectivity index (χ0) is 17.0. The summed E-state index contributed by atoms with van der Waals surface area (Å²) < 4.78 is 11.1. The van der Waals surface area contributed by atoms with Crippen molar-refractivity contribution in [2.24, 2.45) is 10.9 Å². The molecule has 1 unspecified atom stereocenters. The summed E-state index contributed by atoms with van der Waals surface area (Å²) in [5, 5.41) is 6.61. The van der Waals surface area contributed by atoms with Gasteiger partial charge in [-0.3, -0.25) is 4.98 Å². The standard InChI is InChI=1S/C18H30N4O2/c1-3-19-18(22-12-17-15(2)6-4-8-20-17)21-9-5-10-23-13-16-7-11-24-14-16/h4,6,8,16H,3,5,7,9-14H2,1-2H3,(H2,19,21,22). The van der Waals surface area contributed by atoms with E-state index in [-0.39, 0.29) is 0 Å². The molecule has 0 spiro atoms. The molecular formula is C18H30N4O2. The molecule has 1 aliphatic rings. The van der Waals surface area contributed by atoms with Gasteiger partial charge in [0, 0.05) is 38.4 Å². The molecule has 0 saturated carbocycles. The van der Waals surface area contributed by atoms with Gasteiger partial charge in [-0.05, 0) is 38.3 Å². The van der Waals surface area contributed by atoms with Crippen molar-refractivity contribution in [2.45, 2.75) is 33.2 Å². The highest BCUT2D eigenvalue weighted by Gasteiger charge is 2.15. The first-order valence-electron chi connectivity index (χ1n) is 8.87. The fourth-order valence-electron chi connectivity index (χ4n) is 2.53. The molecule has 0 bridgehead atoms. The lowest BCUT2D eigenvalue weighted by molar-refractivity contribution is 0.0888. The first-order valence-corrected chi connectivity index (χ1v) is 8.87. The highest BCUT2D eigenvalue weighted by Crippen LogP contribution is 2.12. The fourth-order valence-corrected chi connectivity index (χ4v) is 2.53. The molecule has 1 aromatic heterocycles. The summed E-state index contributed by atoms with van der Waals surface area (Å²) in [6.07, 6.45) is 3.90. The molecule has 1 saturated heterocycles. The van der Waals surface area contributed by atoms with Crippen LogP contribution in [0.25, 0.3) is 0 Å². The van der Waals surface area contributed by atoms with E-state index in [1.165, 1.54) is 5.56 Å². The van der Waals surface area contributed by atoms with Crippen molar-refractivity contribution in [1.29, 1.82) is 0 Å². The average Bonchev–Trinajstić information content (AvgIpc) is 3.10. The van der Waals surface area contributed by atoms with Crippen LogP contribution in [0, 0.1) is 12.8 Å². The molecule has 6 heteroatoms. The highest BCUT2D eigenvalue weighted by atomic mass is 16.5. The van der Waals surface area contributed by atoms with Crippen LogP contribution in [0.4, 0.5) is 0 Å². The summed E-state index contributed by atoms with van der Waals surface area (Å²) in [7, 11) is 0. The van der Waals surface area contributed by atoms with Gasteiger partial charge in [-0.2, -0.15) is 0 Å². The largest absolute Gasteiger partial charge is 0.381 e. The summed E-state index contributed by atoms with van der Waals surface area (Å²) in [4.78, 5) is 8.98. The Kier molecular flexibility index (Phi) is 8.55. The van der Waals surface area contributed by atoms with E-state index in [4.69, 9.17) is 9.47 Å². The van der Waals surface area contributed by atoms with Crippen molar-refractivity contribution in [3.05, 3.63) is 29.6 Å². The number of hydrogen-bond donors (Lipinski definition) is 2. The number of aromatic nitrogens is 1. The summed E-state index contributed by atoms with van der Waals surface area (Å²) in [5.74, 6) is 1.41. The lowest BCUT2D eigenvalue weighted by Crippen LogP contribution is -2.38. The lowest BCUT2D eigenvalue weighted by atomic mass is 10.1. The maximum Gasteiger partial charge on any atom is 0.191 e. The normalized spacial score (nSPS) is 17.9. The first kappa shape index (κ1) is 18.7. The van der Waals surface area contributed by atoms with E-state index in [2.05, 4.69) is 40.5 Å². The molecule has 6 nitrogen and oxygen atoms in total. The second-order valence-corrected chi connectivity index (χ2v) is 6.05. The second kappa shape index (κ2) is 11.0. The first-order chi connectivity index (χ1) is 11.8. The topological polar surface area (TPSA) is 67.8 Å². The van der Waals surface area contributed by atoms with Gasteiger partial charge in [-0.25, -0.2) is 4.99 Å². The van der Waals surface area contributed by atoms with Gasteiger partial charge in [0.05, 0.1) is 25.5 Å². The van der Waals surface area contributed by atoms with Crippen LogP contribution in [0.5, 0.6) is 0 Å². The number of nitrogens with zero attached hydrogens (tertiary/aromatic N) is 2. The van der Waals surface area contributed by atoms with Crippen molar-refractivity contribution in [2.75, 3.05) is 39.5 Å². The monoisotopic (exact) mass is 334 g/mol. The smallest absolute Gasteiger partial charge is 0.191 e. The van der Waals surface area contributed by atoms with Gasteiger partial charge in [-0.1, -0.05) is 6.07 Å². The number of aliphatic imine (C=N–C) groups is 1. The fraction of sp³-hybridized carbons (Fsp3) is 0.667. The Bertz CT molecular complexity index is 502. The van der Waals surface area contributed by atoms with E-state index in [0.717, 1.165) is 64.0 Å². The van der Waals surface area contributed by atoms with Crippen molar-refractivity contribution < 1.29 is 9.47 Å². The number of ether oxygens (including phenoxy) is 2. The van der Waals surface area contributed by atoms with Crippen LogP contribution in [0.2, 0.25) is 0 Å². The van der Waals surface area contributed by atoms with E-state index in [9.17, 15) is 0 Å². The summed E-state index contributed by atoms with van der Waals surface area (Å²) in [6, 6.07) is 4.01. The molecule has 0 amide bonds. The Morgan fingerprint density at radius 3 is 3.12 bits per heavy atom. The number of nitrogens with one attached hydrogen (secondary N) is 2. The van der Waals surface area contributed by atoms with E-state index in [1.54, 1.807) is 0 Å². The molecule has 24 heavy (non-hydrogen) atoms. The Morgan fingerprint density at radius 2 is 2.38 bits per heavy atom. The highest BCUT2D eigenvalue weighted by molar-refractivity contribution is 5.79. The van der Waals surface area contributed by atoms with Crippen LogP contribution in [0.1, 0.15) is 31.0 Å². The molecule has 0 aliphatic carbocycles. The minimum atomic E-state index is 0.582. The number of pyridine rings is 1. The minimum Gasteiger partial charge on any atom is -0.381 e. The third kappa shape index (κ3) is 6.84. The molecule has 1 fully saturated rings. The zero-order valence-electron chi connectivity index (χ0n) is 14.9. The average molecular weight is 334 g/mol. The molecule has 2 N–H and O–H groups in total. The minimum absolute atomic E-state index is 0.582. The van der Waals surface area contributed by atoms with Gasteiger partial charge >= 0.3 is 0 Å². The molecule has 1 atom stereocenters. The molecule has 2 heterocycles. The number of aryl methyl sites for hydroxylation is 1. The van der Waals surface area contributed by atoms with Gasteiger partial charge in [0.15, 0.2) is 5.96 Å². The molecule has 0 radical (unpaired) electrons. The van der Waals surface area contributed by atoms with Crippen molar-refractivity contribution >= 4 is 5.96 Å². The van der Waals surface area contributed by atoms with Crippen LogP contribution < -0.4 is 10.6 Å². The van der Waals surface area contributed by atoms with Crippen molar-refractivity contribution in [3.63, 3.8) is 0 Å². The Labute approximate surface area is 145 Å². The van der Waals surface area contributed by atoms with Crippen LogP contribution in [0.3, 0.4) is 0 Å².